The van der Waals surface area contributed by atoms with Crippen molar-refractivity contribution in [2.24, 2.45) is 0 Å². The van der Waals surface area contributed by atoms with Gasteiger partial charge in [-0.2, -0.15) is 0 Å². The van der Waals surface area contributed by atoms with Gasteiger partial charge in [0.05, 0.1) is 21.1 Å². The molecule has 3 aliphatic rings. The number of hydrogen-bond donors (Lipinski definition) is 1. The minimum atomic E-state index is -0.428. The molecule has 3 aromatic carbocycles. The molecule has 3 aromatic rings. The predicted molar refractivity (Wildman–Crippen MR) is 173 cm³/mol. The van der Waals surface area contributed by atoms with Gasteiger partial charge in [-0.15, -0.1) is 0 Å². The van der Waals surface area contributed by atoms with Crippen LogP contribution in [0.4, 0.5) is 4.39 Å². The minimum absolute atomic E-state index is 0.00309. The van der Waals surface area contributed by atoms with Gasteiger partial charge >= 0.3 is 0 Å². The lowest BCUT2D eigenvalue weighted by Crippen LogP contribution is -2.61. The fourth-order valence-corrected chi connectivity index (χ4v) is 6.59. The van der Waals surface area contributed by atoms with Crippen LogP contribution in [0.2, 0.25) is 15.1 Å². The molecule has 2 unspecified atom stereocenters. The number of amides is 2. The van der Waals surface area contributed by atoms with E-state index in [1.165, 1.54) is 18.2 Å². The lowest BCUT2D eigenvalue weighted by Gasteiger charge is -2.44. The summed E-state index contributed by atoms with van der Waals surface area (Å²) in [5, 5.41) is 4.85. The first-order valence-corrected chi connectivity index (χ1v) is 16.1. The maximum atomic E-state index is 14.5. The molecule has 6 rings (SSSR count). The Morgan fingerprint density at radius 2 is 1.73 bits per heavy atom. The van der Waals surface area contributed by atoms with E-state index in [9.17, 15) is 14.0 Å². The summed E-state index contributed by atoms with van der Waals surface area (Å²) in [6.07, 6.45) is 2.45. The van der Waals surface area contributed by atoms with Gasteiger partial charge in [0.1, 0.15) is 30.5 Å². The summed E-state index contributed by atoms with van der Waals surface area (Å²) in [4.78, 5) is 30.6. The maximum Gasteiger partial charge on any atom is 0.252 e. The molecule has 1 N–H and O–H groups in total. The Morgan fingerprint density at radius 3 is 2.47 bits per heavy atom. The van der Waals surface area contributed by atoms with Crippen molar-refractivity contribution in [3.05, 3.63) is 98.2 Å². The second-order valence-corrected chi connectivity index (χ2v) is 12.8. The standard InChI is InChI=1S/C34H33Cl3FN3O4/c1-20(42)40-18-24-16-27(21-5-10-26(11-6-21)44-13-14-45-31-15-23(38)7-12-28(31)35)32(30(19-40)39-24)34(43)41(25-8-9-25)17-22-3-2-4-29(36)33(22)37/h2-7,10-12,15,24-25,30,39H,8-9,13-14,16-19H2,1H3. The van der Waals surface area contributed by atoms with E-state index < -0.39 is 5.82 Å². The number of carbonyl (C=O) groups excluding carboxylic acids is 2. The molecule has 2 bridgehead atoms. The highest BCUT2D eigenvalue weighted by Crippen LogP contribution is 2.38. The van der Waals surface area contributed by atoms with E-state index in [-0.39, 0.29) is 48.9 Å². The molecule has 0 radical (unpaired) electrons. The summed E-state index contributed by atoms with van der Waals surface area (Å²) in [5.41, 5.74) is 3.37. The second kappa shape index (κ2) is 13.6. The molecule has 2 heterocycles. The smallest absolute Gasteiger partial charge is 0.252 e. The average Bonchev–Trinajstić information content (AvgIpc) is 3.87. The van der Waals surface area contributed by atoms with Gasteiger partial charge in [-0.1, -0.05) is 59.1 Å². The number of hydrogen-bond acceptors (Lipinski definition) is 5. The van der Waals surface area contributed by atoms with Crippen LogP contribution in [0.15, 0.2) is 66.2 Å². The van der Waals surface area contributed by atoms with Gasteiger partial charge in [-0.25, -0.2) is 4.39 Å². The molecular formula is C34H33Cl3FN3O4. The molecule has 0 aromatic heterocycles. The van der Waals surface area contributed by atoms with E-state index in [2.05, 4.69) is 5.32 Å². The van der Waals surface area contributed by atoms with Crippen LogP contribution in [-0.4, -0.2) is 66.0 Å². The molecule has 2 aliphatic heterocycles. The molecular weight excluding hydrogens is 640 g/mol. The molecule has 7 nitrogen and oxygen atoms in total. The third kappa shape index (κ3) is 7.25. The first-order valence-electron chi connectivity index (χ1n) is 15.0. The molecule has 11 heteroatoms. The van der Waals surface area contributed by atoms with Crippen molar-refractivity contribution in [3.8, 4) is 11.5 Å². The number of rotatable bonds is 10. The molecule has 45 heavy (non-hydrogen) atoms. The van der Waals surface area contributed by atoms with Gasteiger partial charge in [0.15, 0.2) is 0 Å². The first kappa shape index (κ1) is 31.7. The molecule has 2 fully saturated rings. The van der Waals surface area contributed by atoms with E-state index in [1.807, 2.05) is 46.2 Å². The fourth-order valence-electron chi connectivity index (χ4n) is 6.04. The lowest BCUT2D eigenvalue weighted by molar-refractivity contribution is -0.132. The highest BCUT2D eigenvalue weighted by Gasteiger charge is 2.43. The third-order valence-corrected chi connectivity index (χ3v) is 9.58. The molecule has 1 saturated heterocycles. The van der Waals surface area contributed by atoms with Gasteiger partial charge in [0.2, 0.25) is 5.91 Å². The maximum absolute atomic E-state index is 14.5. The van der Waals surface area contributed by atoms with Gasteiger partial charge in [-0.3, -0.25) is 9.59 Å². The van der Waals surface area contributed by atoms with Crippen molar-refractivity contribution in [1.29, 1.82) is 0 Å². The van der Waals surface area contributed by atoms with Crippen LogP contribution in [-0.2, 0) is 16.1 Å². The van der Waals surface area contributed by atoms with Crippen molar-refractivity contribution in [2.75, 3.05) is 26.3 Å². The van der Waals surface area contributed by atoms with E-state index in [1.54, 1.807) is 13.0 Å². The average molecular weight is 673 g/mol. The van der Waals surface area contributed by atoms with E-state index in [4.69, 9.17) is 44.3 Å². The van der Waals surface area contributed by atoms with Crippen molar-refractivity contribution < 1.29 is 23.5 Å². The summed E-state index contributed by atoms with van der Waals surface area (Å²) < 4.78 is 24.9. The monoisotopic (exact) mass is 671 g/mol. The van der Waals surface area contributed by atoms with Crippen molar-refractivity contribution in [1.82, 2.24) is 15.1 Å². The molecule has 236 valence electrons. The van der Waals surface area contributed by atoms with Crippen LogP contribution in [0.3, 0.4) is 0 Å². The van der Waals surface area contributed by atoms with E-state index in [0.29, 0.717) is 52.4 Å². The Kier molecular flexibility index (Phi) is 9.57. The van der Waals surface area contributed by atoms with Crippen molar-refractivity contribution in [3.63, 3.8) is 0 Å². The van der Waals surface area contributed by atoms with Crippen LogP contribution in [0.5, 0.6) is 11.5 Å². The SMILES string of the molecule is CC(=O)N1CC2CC(c3ccc(OCCOc4cc(F)ccc4Cl)cc3)=C(C(=O)N(Cc3cccc(Cl)c3Cl)C3CC3)C(C1)N2. The van der Waals surface area contributed by atoms with Crippen molar-refractivity contribution in [2.45, 2.75) is 50.9 Å². The highest BCUT2D eigenvalue weighted by atomic mass is 35.5. The summed E-state index contributed by atoms with van der Waals surface area (Å²) in [6, 6.07) is 16.9. The highest BCUT2D eigenvalue weighted by molar-refractivity contribution is 6.42. The number of piperazine rings is 1. The quantitative estimate of drug-likeness (QED) is 0.241. The Balaban J connectivity index is 1.24. The predicted octanol–water partition coefficient (Wildman–Crippen LogP) is 6.78. The van der Waals surface area contributed by atoms with Crippen LogP contribution < -0.4 is 14.8 Å². The number of ether oxygens (including phenoxy) is 2. The second-order valence-electron chi connectivity index (χ2n) is 11.6. The van der Waals surface area contributed by atoms with Gasteiger partial charge in [-0.05, 0) is 66.3 Å². The number of fused-ring (bicyclic) bond motifs is 2. The molecule has 0 spiro atoms. The Bertz CT molecular complexity index is 1630. The van der Waals surface area contributed by atoms with E-state index >= 15 is 0 Å². The minimum Gasteiger partial charge on any atom is -0.490 e. The number of benzene rings is 3. The van der Waals surface area contributed by atoms with Crippen LogP contribution in [0.25, 0.3) is 5.57 Å². The van der Waals surface area contributed by atoms with Crippen molar-refractivity contribution >= 4 is 52.2 Å². The van der Waals surface area contributed by atoms with Crippen LogP contribution in [0, 0.1) is 5.82 Å². The van der Waals surface area contributed by atoms with Crippen LogP contribution in [0.1, 0.15) is 37.3 Å². The Hall–Kier alpha value is -3.30. The number of nitrogens with one attached hydrogen (secondary N) is 1. The summed E-state index contributed by atoms with van der Waals surface area (Å²) in [6.45, 7) is 3.34. The first-order chi connectivity index (χ1) is 21.7. The summed E-state index contributed by atoms with van der Waals surface area (Å²) in [5.74, 6) is 0.406. The number of halogens is 4. The van der Waals surface area contributed by atoms with Gasteiger partial charge in [0, 0.05) is 50.3 Å². The Labute approximate surface area is 276 Å². The summed E-state index contributed by atoms with van der Waals surface area (Å²) in [7, 11) is 0. The normalized spacial score (nSPS) is 19.4. The fraction of sp³-hybridized carbons (Fsp3) is 0.353. The van der Waals surface area contributed by atoms with Crippen LogP contribution >= 0.6 is 34.8 Å². The molecule has 1 saturated carbocycles. The van der Waals surface area contributed by atoms with E-state index in [0.717, 1.165) is 29.5 Å². The number of carbonyl (C=O) groups is 2. The zero-order chi connectivity index (χ0) is 31.7. The third-order valence-electron chi connectivity index (χ3n) is 8.41. The summed E-state index contributed by atoms with van der Waals surface area (Å²) >= 11 is 18.9. The van der Waals surface area contributed by atoms with Gasteiger partial charge < -0.3 is 24.6 Å². The number of nitrogens with zero attached hydrogens (tertiary/aromatic N) is 2. The zero-order valence-corrected chi connectivity index (χ0v) is 27.0. The zero-order valence-electron chi connectivity index (χ0n) is 24.7. The Morgan fingerprint density at radius 1 is 0.978 bits per heavy atom. The molecule has 1 aliphatic carbocycles. The lowest BCUT2D eigenvalue weighted by atomic mass is 9.82. The largest absolute Gasteiger partial charge is 0.490 e. The van der Waals surface area contributed by atoms with Gasteiger partial charge in [0.25, 0.3) is 5.91 Å². The molecule has 2 amide bonds. The molecule has 2 atom stereocenters. The topological polar surface area (TPSA) is 71.1 Å².